The van der Waals surface area contributed by atoms with Crippen molar-refractivity contribution in [1.82, 2.24) is 0 Å². The molecule has 0 aromatic carbocycles. The predicted molar refractivity (Wildman–Crippen MR) is 583 cm³/mol. The molecule has 11 aliphatic carbocycles. The summed E-state index contributed by atoms with van der Waals surface area (Å²) in [4.78, 5) is 97.9. The standard InChI is InChI=1S/C20H36O2.C17H30O2.C17H32O2.2C15H28O2.C14H24O2.C14H26O2.C13H24O2/c1-5-19(2,3)18(21)22-20(4,16-12-8-6-9-13-16)17-14-10-7-11-15-17;1-8-14(2,3)13(18)19-17(7)11-12-9-10-16(17,6)15(12,4)5;1-5-16(2,3)15(18)19-17(4)13-11-9-7-6-8-10-12-14-17;1-6-14(2,3)13(16)17-15(4,5)12-10-8-7-9-11-12;1-5-14(2,3)13(16)17-15(4)11-9-7-6-8-10-12-15;1-5-13(2,3)12(15)16-14(4)9-10-6-7-11(14)8-10;1-5-13(2,3)12(15)16-14(4)10-8-6-7-9-11-14;1-5-12(2,3)11(14)15-13(4)9-7-6-8-10-13/h16-17H,5-15H2,1-4H3;12H,8-11H2,1-7H3;5-14H2,1-4H3;12H,6-11H2,1-5H3;5-12H2,1-4H3;10-11H,5-9H2,1-4H3;5-11H2,1-4H3;5-10H2,1-4H3. The van der Waals surface area contributed by atoms with E-state index in [-0.39, 0.29) is 147 Å². The predicted octanol–water partition coefficient (Wildman–Crippen LogP) is 35.8. The number of fused-ring (bicyclic) bond motifs is 4. The maximum absolute atomic E-state index is 12.8. The lowest BCUT2D eigenvalue weighted by Gasteiger charge is -2.47. The molecule has 0 spiro atoms. The van der Waals surface area contributed by atoms with Gasteiger partial charge in [0.05, 0.1) is 43.3 Å². The summed E-state index contributed by atoms with van der Waals surface area (Å²) in [5, 5.41) is 0. The first kappa shape index (κ1) is 129. The molecular weight excluding hydrogens is 1760 g/mol. The summed E-state index contributed by atoms with van der Waals surface area (Å²) in [6.07, 6.45) is 66.4. The molecular formula is C125H228O16. The van der Waals surface area contributed by atoms with Gasteiger partial charge in [-0.3, -0.25) is 38.4 Å². The number of hydrogen-bond donors (Lipinski definition) is 0. The van der Waals surface area contributed by atoms with Crippen LogP contribution < -0.4 is 0 Å². The van der Waals surface area contributed by atoms with Crippen molar-refractivity contribution < 1.29 is 76.3 Å². The summed E-state index contributed by atoms with van der Waals surface area (Å²) < 4.78 is 47.3. The molecule has 141 heavy (non-hydrogen) atoms. The van der Waals surface area contributed by atoms with E-state index in [0.717, 1.165) is 121 Å². The molecule has 0 heterocycles. The van der Waals surface area contributed by atoms with E-state index < -0.39 is 0 Å². The van der Waals surface area contributed by atoms with Crippen LogP contribution in [0, 0.1) is 89.7 Å². The van der Waals surface area contributed by atoms with Gasteiger partial charge in [0, 0.05) is 5.41 Å². The van der Waals surface area contributed by atoms with Gasteiger partial charge < -0.3 is 37.9 Å². The Balaban J connectivity index is 0.000000337. The number of carbonyl (C=O) groups is 8. The van der Waals surface area contributed by atoms with E-state index in [0.29, 0.717) is 29.6 Å². The first-order valence-electron chi connectivity index (χ1n) is 59.0. The van der Waals surface area contributed by atoms with E-state index in [2.05, 4.69) is 104 Å². The Bertz CT molecular complexity index is 3670. The minimum Gasteiger partial charge on any atom is -0.459 e. The van der Waals surface area contributed by atoms with E-state index in [9.17, 15) is 38.4 Å². The fourth-order valence-corrected chi connectivity index (χ4v) is 23.0. The average molecular weight is 1990 g/mol. The van der Waals surface area contributed by atoms with Crippen LogP contribution in [0.4, 0.5) is 0 Å². The normalized spacial score (nSPS) is 25.7. The van der Waals surface area contributed by atoms with Crippen molar-refractivity contribution >= 4 is 47.8 Å². The molecule has 0 amide bonds. The maximum atomic E-state index is 12.8. The van der Waals surface area contributed by atoms with Crippen LogP contribution in [0.25, 0.3) is 0 Å². The van der Waals surface area contributed by atoms with Crippen molar-refractivity contribution in [2.45, 2.75) is 660 Å². The summed E-state index contributed by atoms with van der Waals surface area (Å²) >= 11 is 0. The quantitative estimate of drug-likeness (QED) is 0.0425. The molecule has 6 unspecified atom stereocenters. The highest BCUT2D eigenvalue weighted by Gasteiger charge is 2.69. The van der Waals surface area contributed by atoms with Crippen LogP contribution in [-0.2, 0) is 76.3 Å². The highest BCUT2D eigenvalue weighted by Crippen LogP contribution is 2.71. The third-order valence-electron chi connectivity index (χ3n) is 39.3. The lowest BCUT2D eigenvalue weighted by molar-refractivity contribution is -0.187. The van der Waals surface area contributed by atoms with Gasteiger partial charge in [0.2, 0.25) is 0 Å². The third kappa shape index (κ3) is 38.3. The van der Waals surface area contributed by atoms with Gasteiger partial charge in [0.25, 0.3) is 0 Å². The number of carbonyl (C=O) groups excluding carboxylic acids is 8. The van der Waals surface area contributed by atoms with E-state index in [1.54, 1.807) is 0 Å². The Morgan fingerprint density at radius 1 is 0.234 bits per heavy atom. The van der Waals surface area contributed by atoms with Crippen LogP contribution in [0.15, 0.2) is 0 Å². The van der Waals surface area contributed by atoms with Crippen molar-refractivity contribution in [3.63, 3.8) is 0 Å². The van der Waals surface area contributed by atoms with E-state index >= 15 is 0 Å². The zero-order valence-corrected chi connectivity index (χ0v) is 99.3. The van der Waals surface area contributed by atoms with Crippen LogP contribution in [0.5, 0.6) is 0 Å². The minimum absolute atomic E-state index is 0.00921. The number of hydrogen-bond acceptors (Lipinski definition) is 16. The van der Waals surface area contributed by atoms with Crippen LogP contribution >= 0.6 is 0 Å². The number of esters is 8. The van der Waals surface area contributed by atoms with Crippen molar-refractivity contribution in [2.75, 3.05) is 0 Å². The molecule has 11 saturated carbocycles. The molecule has 4 bridgehead atoms. The zero-order valence-electron chi connectivity index (χ0n) is 99.3. The monoisotopic (exact) mass is 1990 g/mol. The fourth-order valence-electron chi connectivity index (χ4n) is 23.0. The highest BCUT2D eigenvalue weighted by atomic mass is 16.6. The van der Waals surface area contributed by atoms with Crippen LogP contribution in [0.1, 0.15) is 615 Å². The Kier molecular flexibility index (Phi) is 50.8. The van der Waals surface area contributed by atoms with Gasteiger partial charge in [-0.25, -0.2) is 0 Å². The minimum atomic E-state index is -0.370. The second-order valence-corrected chi connectivity index (χ2v) is 54.9. The van der Waals surface area contributed by atoms with Crippen LogP contribution in [0.3, 0.4) is 0 Å². The molecule has 0 radical (unpaired) electrons. The Morgan fingerprint density at radius 3 is 0.709 bits per heavy atom. The second-order valence-electron chi connectivity index (χ2n) is 54.9. The Labute approximate surface area is 868 Å². The molecule has 11 rings (SSSR count). The molecule has 6 atom stereocenters. The molecule has 824 valence electrons. The average Bonchev–Trinajstić information content (AvgIpc) is 1.53. The summed E-state index contributed by atoms with van der Waals surface area (Å²) in [5.74, 6) is 3.64. The van der Waals surface area contributed by atoms with Crippen LogP contribution in [-0.4, -0.2) is 92.6 Å². The second kappa shape index (κ2) is 55.5. The van der Waals surface area contributed by atoms with Gasteiger partial charge in [-0.15, -0.1) is 0 Å². The Hall–Kier alpha value is -4.24. The summed E-state index contributed by atoms with van der Waals surface area (Å²) in [5.41, 5.74) is -4.22. The lowest BCUT2D eigenvalue weighted by Crippen LogP contribution is -2.49. The number of ether oxygens (including phenoxy) is 8. The summed E-state index contributed by atoms with van der Waals surface area (Å²) in [7, 11) is 0. The molecule has 16 nitrogen and oxygen atoms in total. The maximum Gasteiger partial charge on any atom is 0.312 e. The zero-order chi connectivity index (χ0) is 107. The molecule has 11 aliphatic rings. The van der Waals surface area contributed by atoms with Gasteiger partial charge in [-0.1, -0.05) is 205 Å². The topological polar surface area (TPSA) is 210 Å². The number of rotatable bonds is 27. The van der Waals surface area contributed by atoms with Gasteiger partial charge >= 0.3 is 47.8 Å². The lowest BCUT2D eigenvalue weighted by atomic mass is 9.65. The smallest absolute Gasteiger partial charge is 0.312 e. The molecule has 0 aromatic heterocycles. The largest absolute Gasteiger partial charge is 0.459 e. The van der Waals surface area contributed by atoms with E-state index in [1.165, 1.54) is 250 Å². The SMILES string of the molecule is CCC(C)(C)C(=O)OC(C)(C)C1CCCCC1.CCC(C)(C)C(=O)OC(C)(C1CCCCC1)C1CCCCC1.CCC(C)(C)C(=O)OC1(C)CC2CCC1(C)C2(C)C.CCC(C)(C)C(=O)OC1(C)CC2CCC1C2.CCC(C)(C)C(=O)OC1(C)CCCCC1.CCC(C)(C)C(=O)OC1(C)CCCCCC1.CCC(C)(C)C(=O)OC1(C)CCCCCCC1.CCC(C)(C)C(=O)OC1(C)CCCCCCCCC1. The molecule has 0 aliphatic heterocycles. The third-order valence-corrected chi connectivity index (χ3v) is 39.3. The molecule has 0 saturated heterocycles. The van der Waals surface area contributed by atoms with Crippen molar-refractivity contribution in [1.29, 1.82) is 0 Å². The Morgan fingerprint density at radius 2 is 0.468 bits per heavy atom. The van der Waals surface area contributed by atoms with Crippen molar-refractivity contribution in [3.8, 4) is 0 Å². The molecule has 16 heteroatoms. The van der Waals surface area contributed by atoms with Crippen molar-refractivity contribution in [2.24, 2.45) is 89.7 Å². The van der Waals surface area contributed by atoms with Gasteiger partial charge in [-0.05, 0) is 452 Å². The van der Waals surface area contributed by atoms with Crippen molar-refractivity contribution in [3.05, 3.63) is 0 Å². The highest BCUT2D eigenvalue weighted by molar-refractivity contribution is 5.80. The van der Waals surface area contributed by atoms with Crippen LogP contribution in [0.2, 0.25) is 0 Å². The van der Waals surface area contributed by atoms with E-state index in [4.69, 9.17) is 37.9 Å². The molecule has 0 N–H and O–H groups in total. The van der Waals surface area contributed by atoms with E-state index in [1.807, 2.05) is 145 Å². The first-order chi connectivity index (χ1) is 65.1. The van der Waals surface area contributed by atoms with Gasteiger partial charge in [0.15, 0.2) is 0 Å². The van der Waals surface area contributed by atoms with Gasteiger partial charge in [0.1, 0.15) is 44.8 Å². The first-order valence-corrected chi connectivity index (χ1v) is 59.0. The molecule has 0 aromatic rings. The molecule has 11 fully saturated rings. The van der Waals surface area contributed by atoms with Gasteiger partial charge in [-0.2, -0.15) is 0 Å². The fraction of sp³-hybridized carbons (Fsp3) is 0.936. The summed E-state index contributed by atoms with van der Waals surface area (Å²) in [6.45, 7) is 74.3. The summed E-state index contributed by atoms with van der Waals surface area (Å²) in [6, 6.07) is 0.